The highest BCUT2D eigenvalue weighted by Crippen LogP contribution is 2.43. The van der Waals surface area contributed by atoms with Crippen LogP contribution >= 0.6 is 0 Å². The van der Waals surface area contributed by atoms with Gasteiger partial charge in [0.1, 0.15) is 18.0 Å². The van der Waals surface area contributed by atoms with E-state index in [4.69, 9.17) is 15.2 Å². The number of carbonyl (C=O) groups excluding carboxylic acids is 2. The molecule has 0 aliphatic carbocycles. The third kappa shape index (κ3) is 4.14. The minimum atomic E-state index is -0.893. The largest absolute Gasteiger partial charge is 0.425 e. The molecule has 8 heteroatoms. The second kappa shape index (κ2) is 9.38. The monoisotopic (exact) mass is 496 g/mol. The molecule has 3 N–H and O–H groups in total. The topological polar surface area (TPSA) is 101 Å². The highest BCUT2D eigenvalue weighted by atomic mass is 16.5. The summed E-state index contributed by atoms with van der Waals surface area (Å²) in [6.07, 6.45) is 0.484. The molecule has 8 nitrogen and oxygen atoms in total. The van der Waals surface area contributed by atoms with E-state index in [0.717, 1.165) is 39.0 Å². The molecule has 188 valence electrons. The van der Waals surface area contributed by atoms with Crippen molar-refractivity contribution in [3.63, 3.8) is 0 Å². The molecule has 2 atom stereocenters. The molecule has 3 heterocycles. The van der Waals surface area contributed by atoms with Crippen molar-refractivity contribution < 1.29 is 19.1 Å². The van der Waals surface area contributed by atoms with Crippen molar-refractivity contribution in [2.45, 2.75) is 25.2 Å². The molecule has 1 amide bonds. The van der Waals surface area contributed by atoms with Crippen molar-refractivity contribution >= 4 is 28.5 Å². The highest BCUT2D eigenvalue weighted by Gasteiger charge is 2.41. The minimum Gasteiger partial charge on any atom is -0.425 e. The van der Waals surface area contributed by atoms with Gasteiger partial charge in [-0.25, -0.2) is 4.79 Å². The lowest BCUT2D eigenvalue weighted by molar-refractivity contribution is -0.137. The van der Waals surface area contributed by atoms with Gasteiger partial charge in [-0.2, -0.15) is 0 Å². The van der Waals surface area contributed by atoms with Crippen LogP contribution in [0, 0.1) is 0 Å². The molecule has 0 saturated heterocycles. The molecule has 37 heavy (non-hydrogen) atoms. The van der Waals surface area contributed by atoms with Crippen LogP contribution < -0.4 is 15.4 Å². The van der Waals surface area contributed by atoms with E-state index in [0.29, 0.717) is 25.3 Å². The number of para-hydroxylation sites is 1. The number of nitrogens with two attached hydrogens (primary N) is 1. The van der Waals surface area contributed by atoms with Crippen LogP contribution in [0.5, 0.6) is 5.75 Å². The van der Waals surface area contributed by atoms with E-state index < -0.39 is 12.0 Å². The second-order valence-electron chi connectivity index (χ2n) is 9.50. The average molecular weight is 497 g/mol. The number of amides is 1. The number of anilines is 1. The number of esters is 1. The zero-order valence-corrected chi connectivity index (χ0v) is 20.5. The van der Waals surface area contributed by atoms with Crippen LogP contribution in [-0.2, 0) is 22.6 Å². The molecule has 6 rings (SSSR count). The maximum absolute atomic E-state index is 13.2. The van der Waals surface area contributed by atoms with E-state index in [1.807, 2.05) is 78.7 Å². The Morgan fingerprint density at radius 1 is 1.11 bits per heavy atom. The minimum absolute atomic E-state index is 0.0427. The smallest absolute Gasteiger partial charge is 0.330 e. The van der Waals surface area contributed by atoms with Gasteiger partial charge in [0, 0.05) is 24.5 Å². The molecule has 0 saturated carbocycles. The van der Waals surface area contributed by atoms with Gasteiger partial charge in [-0.3, -0.25) is 4.79 Å². The predicted molar refractivity (Wildman–Crippen MR) is 140 cm³/mol. The van der Waals surface area contributed by atoms with Crippen LogP contribution in [0.4, 0.5) is 5.69 Å². The first-order valence-corrected chi connectivity index (χ1v) is 12.4. The van der Waals surface area contributed by atoms with Crippen LogP contribution in [0.2, 0.25) is 0 Å². The highest BCUT2D eigenvalue weighted by molar-refractivity contribution is 6.02. The van der Waals surface area contributed by atoms with Crippen LogP contribution in [-0.4, -0.2) is 48.0 Å². The quantitative estimate of drug-likeness (QED) is 0.311. The normalized spacial score (nSPS) is 17.2. The number of aromatic nitrogens is 1. The summed E-state index contributed by atoms with van der Waals surface area (Å²) in [5.74, 6) is -0.0723. The first-order valence-electron chi connectivity index (χ1n) is 12.4. The van der Waals surface area contributed by atoms with Gasteiger partial charge in [-0.15, -0.1) is 0 Å². The first-order chi connectivity index (χ1) is 18.0. The fourth-order valence-electron chi connectivity index (χ4n) is 5.31. The second-order valence-corrected chi connectivity index (χ2v) is 9.50. The number of hydrogen-bond acceptors (Lipinski definition) is 6. The van der Waals surface area contributed by atoms with E-state index in [1.54, 1.807) is 6.07 Å². The van der Waals surface area contributed by atoms with Crippen LogP contribution in [0.25, 0.3) is 10.9 Å². The molecule has 4 aromatic rings. The fraction of sp³-hybridized carbons (Fsp3) is 0.241. The van der Waals surface area contributed by atoms with Gasteiger partial charge < -0.3 is 30.0 Å². The van der Waals surface area contributed by atoms with Gasteiger partial charge in [0.25, 0.3) is 5.91 Å². The Hall–Kier alpha value is -4.14. The standard InChI is InChI=1S/C29H28N4O4/c1-32-25-10-6-5-9-21(25)28(34)33-14-13-20-22-15-19(11-12-24(22)31-26(20)27(32)33)37-29(35)23(30)17-36-16-18-7-3-2-4-8-18/h2-12,15,23,27,31H,13-14,16-17,30H2,1H3/t23-,27?/m0/s1. The van der Waals surface area contributed by atoms with Crippen molar-refractivity contribution in [2.75, 3.05) is 25.1 Å². The number of benzene rings is 3. The molecular weight excluding hydrogens is 468 g/mol. The van der Waals surface area contributed by atoms with Gasteiger partial charge >= 0.3 is 5.97 Å². The van der Waals surface area contributed by atoms with Crippen molar-refractivity contribution in [3.8, 4) is 5.75 Å². The summed E-state index contributed by atoms with van der Waals surface area (Å²) in [7, 11) is 2.01. The Labute approximate surface area is 214 Å². The lowest BCUT2D eigenvalue weighted by atomic mass is 9.96. The van der Waals surface area contributed by atoms with E-state index in [2.05, 4.69) is 9.88 Å². The molecule has 0 radical (unpaired) electrons. The Balaban J connectivity index is 1.20. The summed E-state index contributed by atoms with van der Waals surface area (Å²) in [6, 6.07) is 22.0. The Morgan fingerprint density at radius 2 is 1.89 bits per heavy atom. The number of rotatable bonds is 6. The number of fused-ring (bicyclic) bond motifs is 6. The van der Waals surface area contributed by atoms with E-state index >= 15 is 0 Å². The lowest BCUT2D eigenvalue weighted by Gasteiger charge is -2.46. The molecule has 0 spiro atoms. The van der Waals surface area contributed by atoms with Crippen LogP contribution in [0.15, 0.2) is 72.8 Å². The number of aromatic amines is 1. The molecule has 1 unspecified atom stereocenters. The summed E-state index contributed by atoms with van der Waals surface area (Å²) < 4.78 is 11.2. The Kier molecular flexibility index (Phi) is 5.90. The van der Waals surface area contributed by atoms with E-state index in [1.165, 1.54) is 0 Å². The zero-order chi connectivity index (χ0) is 25.5. The molecule has 1 aromatic heterocycles. The maximum atomic E-state index is 13.2. The number of nitrogens with zero attached hydrogens (tertiary/aromatic N) is 2. The summed E-state index contributed by atoms with van der Waals surface area (Å²) in [4.78, 5) is 33.4. The summed E-state index contributed by atoms with van der Waals surface area (Å²) in [5, 5.41) is 0.980. The predicted octanol–water partition coefficient (Wildman–Crippen LogP) is 3.76. The number of ether oxygens (including phenoxy) is 2. The van der Waals surface area contributed by atoms with E-state index in [-0.39, 0.29) is 18.7 Å². The third-order valence-corrected chi connectivity index (χ3v) is 7.14. The molecule has 0 fully saturated rings. The first kappa shape index (κ1) is 23.3. The molecule has 2 aliphatic rings. The molecule has 0 bridgehead atoms. The maximum Gasteiger partial charge on any atom is 0.330 e. The van der Waals surface area contributed by atoms with Gasteiger partial charge in [-0.05, 0) is 47.9 Å². The SMILES string of the molecule is CN1c2ccccc2C(=O)N2CCc3c([nH]c4ccc(OC(=O)[C@@H](N)COCc5ccccc5)cc34)C21. The number of H-pyrrole nitrogens is 1. The zero-order valence-electron chi connectivity index (χ0n) is 20.5. The average Bonchev–Trinajstić information content (AvgIpc) is 3.30. The number of hydrogen-bond donors (Lipinski definition) is 2. The van der Waals surface area contributed by atoms with Crippen molar-refractivity contribution in [1.29, 1.82) is 0 Å². The van der Waals surface area contributed by atoms with Crippen LogP contribution in [0.1, 0.15) is 33.3 Å². The molecule has 2 aliphatic heterocycles. The third-order valence-electron chi connectivity index (χ3n) is 7.14. The Morgan fingerprint density at radius 3 is 2.73 bits per heavy atom. The van der Waals surface area contributed by atoms with Crippen molar-refractivity contribution in [1.82, 2.24) is 9.88 Å². The lowest BCUT2D eigenvalue weighted by Crippen LogP contribution is -2.51. The summed E-state index contributed by atoms with van der Waals surface area (Å²) >= 11 is 0. The van der Waals surface area contributed by atoms with Crippen molar-refractivity contribution in [2.24, 2.45) is 5.73 Å². The molecular formula is C29H28N4O4. The van der Waals surface area contributed by atoms with Gasteiger partial charge in [0.15, 0.2) is 0 Å². The van der Waals surface area contributed by atoms with Gasteiger partial charge in [0.05, 0.1) is 30.2 Å². The fourth-order valence-corrected chi connectivity index (χ4v) is 5.31. The van der Waals surface area contributed by atoms with Crippen molar-refractivity contribution in [3.05, 3.63) is 95.2 Å². The molecule has 3 aromatic carbocycles. The Bertz CT molecular complexity index is 1480. The van der Waals surface area contributed by atoms with E-state index in [9.17, 15) is 9.59 Å². The summed E-state index contributed by atoms with van der Waals surface area (Å²) in [5.41, 5.74) is 11.7. The number of carbonyl (C=O) groups is 2. The van der Waals surface area contributed by atoms with Gasteiger partial charge in [0.2, 0.25) is 0 Å². The number of nitrogens with one attached hydrogen (secondary N) is 1. The summed E-state index contributed by atoms with van der Waals surface area (Å²) in [6.45, 7) is 1.05. The van der Waals surface area contributed by atoms with Gasteiger partial charge in [-0.1, -0.05) is 42.5 Å². The van der Waals surface area contributed by atoms with Crippen LogP contribution in [0.3, 0.4) is 0 Å².